The maximum Gasteiger partial charge on any atom is 0.255 e. The van der Waals surface area contributed by atoms with Crippen molar-refractivity contribution < 1.29 is 4.79 Å². The Morgan fingerprint density at radius 2 is 2.08 bits per heavy atom. The predicted molar refractivity (Wildman–Crippen MR) is 99.1 cm³/mol. The maximum atomic E-state index is 12.7. The van der Waals surface area contributed by atoms with Crippen molar-refractivity contribution >= 4 is 17.5 Å². The molecule has 0 unspecified atom stereocenters. The van der Waals surface area contributed by atoms with Gasteiger partial charge >= 0.3 is 0 Å². The Hall–Kier alpha value is -1.81. The van der Waals surface area contributed by atoms with Crippen LogP contribution in [0.4, 0.5) is 0 Å². The third kappa shape index (κ3) is 4.18. The molecule has 130 valence electrons. The van der Waals surface area contributed by atoms with Crippen LogP contribution in [0, 0.1) is 5.92 Å². The summed E-state index contributed by atoms with van der Waals surface area (Å²) in [6.45, 7) is 8.98. The summed E-state index contributed by atoms with van der Waals surface area (Å²) in [6, 6.07) is 7.57. The lowest BCUT2D eigenvalue weighted by molar-refractivity contribution is 0.0947. The zero-order valence-electron chi connectivity index (χ0n) is 14.9. The van der Waals surface area contributed by atoms with Crippen molar-refractivity contribution in [3.8, 4) is 5.69 Å². The van der Waals surface area contributed by atoms with Crippen molar-refractivity contribution in [2.24, 2.45) is 5.92 Å². The van der Waals surface area contributed by atoms with Gasteiger partial charge in [-0.25, -0.2) is 4.68 Å². The standard InChI is InChI=1S/C19H26ClN3O/c1-5-8-16-18(19(24)21-12-13(3)4)17(6-2)23(22-16)15-10-7-9-14(20)11-15/h7,9-11,13H,5-6,8,12H2,1-4H3,(H,21,24). The number of rotatable bonds is 7. The number of amides is 1. The smallest absolute Gasteiger partial charge is 0.255 e. The number of aryl methyl sites for hydroxylation is 1. The second kappa shape index (κ2) is 8.34. The summed E-state index contributed by atoms with van der Waals surface area (Å²) < 4.78 is 1.86. The lowest BCUT2D eigenvalue weighted by Crippen LogP contribution is -2.28. The van der Waals surface area contributed by atoms with Crippen LogP contribution in [0.15, 0.2) is 24.3 Å². The van der Waals surface area contributed by atoms with Crippen molar-refractivity contribution in [1.29, 1.82) is 0 Å². The highest BCUT2D eigenvalue weighted by Crippen LogP contribution is 2.23. The molecule has 4 nitrogen and oxygen atoms in total. The molecular weight excluding hydrogens is 322 g/mol. The number of halogens is 1. The monoisotopic (exact) mass is 347 g/mol. The molecule has 0 fully saturated rings. The van der Waals surface area contributed by atoms with E-state index in [-0.39, 0.29) is 5.91 Å². The highest BCUT2D eigenvalue weighted by Gasteiger charge is 2.23. The minimum Gasteiger partial charge on any atom is -0.352 e. The fourth-order valence-electron chi connectivity index (χ4n) is 2.71. The minimum atomic E-state index is -0.0303. The van der Waals surface area contributed by atoms with Gasteiger partial charge in [-0.05, 0) is 37.0 Å². The van der Waals surface area contributed by atoms with Crippen LogP contribution in [0.3, 0.4) is 0 Å². The fourth-order valence-corrected chi connectivity index (χ4v) is 2.90. The molecule has 0 aliphatic rings. The first-order chi connectivity index (χ1) is 11.5. The molecule has 1 aromatic carbocycles. The Kier molecular flexibility index (Phi) is 6.44. The summed E-state index contributed by atoms with van der Waals surface area (Å²) in [4.78, 5) is 12.7. The molecule has 0 bridgehead atoms. The van der Waals surface area contributed by atoms with Gasteiger partial charge in [0.2, 0.25) is 0 Å². The number of carbonyl (C=O) groups is 1. The number of carbonyl (C=O) groups excluding carboxylic acids is 1. The molecule has 5 heteroatoms. The molecule has 2 aromatic rings. The van der Waals surface area contributed by atoms with Crippen LogP contribution < -0.4 is 5.32 Å². The average molecular weight is 348 g/mol. The van der Waals surface area contributed by atoms with Gasteiger partial charge in [-0.2, -0.15) is 5.10 Å². The zero-order valence-corrected chi connectivity index (χ0v) is 15.7. The Labute approximate surface area is 149 Å². The molecule has 1 aromatic heterocycles. The Bertz CT molecular complexity index is 707. The molecule has 24 heavy (non-hydrogen) atoms. The van der Waals surface area contributed by atoms with Gasteiger partial charge in [0.05, 0.1) is 22.6 Å². The highest BCUT2D eigenvalue weighted by atomic mass is 35.5. The molecule has 1 heterocycles. The van der Waals surface area contributed by atoms with Crippen LogP contribution in [0.2, 0.25) is 5.02 Å². The van der Waals surface area contributed by atoms with Gasteiger partial charge in [-0.15, -0.1) is 0 Å². The fraction of sp³-hybridized carbons (Fsp3) is 0.474. The lowest BCUT2D eigenvalue weighted by atomic mass is 10.1. The van der Waals surface area contributed by atoms with E-state index in [2.05, 4.69) is 26.1 Å². The molecule has 0 atom stereocenters. The van der Waals surface area contributed by atoms with Crippen LogP contribution in [-0.2, 0) is 12.8 Å². The molecule has 0 radical (unpaired) electrons. The van der Waals surface area contributed by atoms with Crippen molar-refractivity contribution in [2.45, 2.75) is 47.0 Å². The molecule has 0 spiro atoms. The van der Waals surface area contributed by atoms with Crippen molar-refractivity contribution in [1.82, 2.24) is 15.1 Å². The summed E-state index contributed by atoms with van der Waals surface area (Å²) in [6.07, 6.45) is 2.46. The van der Waals surface area contributed by atoms with Crippen molar-refractivity contribution in [2.75, 3.05) is 6.54 Å². The van der Waals surface area contributed by atoms with Crippen LogP contribution in [-0.4, -0.2) is 22.2 Å². The molecule has 0 saturated heterocycles. The van der Waals surface area contributed by atoms with E-state index >= 15 is 0 Å². The van der Waals surface area contributed by atoms with E-state index < -0.39 is 0 Å². The number of hydrogen-bond acceptors (Lipinski definition) is 2. The van der Waals surface area contributed by atoms with Gasteiger partial charge in [0, 0.05) is 11.6 Å². The number of nitrogens with one attached hydrogen (secondary N) is 1. The third-order valence-electron chi connectivity index (χ3n) is 3.83. The summed E-state index contributed by atoms with van der Waals surface area (Å²) in [5.74, 6) is 0.383. The highest BCUT2D eigenvalue weighted by molar-refractivity contribution is 6.30. The van der Waals surface area contributed by atoms with Gasteiger partial charge in [-0.1, -0.05) is 51.8 Å². The molecule has 0 saturated carbocycles. The molecule has 0 aliphatic carbocycles. The summed E-state index contributed by atoms with van der Waals surface area (Å²) in [7, 11) is 0. The molecule has 2 rings (SSSR count). The first-order valence-corrected chi connectivity index (χ1v) is 9.00. The second-order valence-corrected chi connectivity index (χ2v) is 6.80. The molecular formula is C19H26ClN3O. The Balaban J connectivity index is 2.50. The number of benzene rings is 1. The van der Waals surface area contributed by atoms with E-state index in [9.17, 15) is 4.79 Å². The normalized spacial score (nSPS) is 11.1. The summed E-state index contributed by atoms with van der Waals surface area (Å²) in [5.41, 5.74) is 3.40. The van der Waals surface area contributed by atoms with E-state index in [0.717, 1.165) is 41.9 Å². The van der Waals surface area contributed by atoms with E-state index in [1.807, 2.05) is 35.9 Å². The van der Waals surface area contributed by atoms with Crippen LogP contribution in [0.25, 0.3) is 5.69 Å². The molecule has 1 amide bonds. The minimum absolute atomic E-state index is 0.0303. The van der Waals surface area contributed by atoms with Crippen molar-refractivity contribution in [3.05, 3.63) is 46.2 Å². The largest absolute Gasteiger partial charge is 0.352 e. The lowest BCUT2D eigenvalue weighted by Gasteiger charge is -2.10. The Morgan fingerprint density at radius 3 is 2.67 bits per heavy atom. The summed E-state index contributed by atoms with van der Waals surface area (Å²) >= 11 is 6.12. The van der Waals surface area contributed by atoms with Crippen LogP contribution in [0.5, 0.6) is 0 Å². The summed E-state index contributed by atoms with van der Waals surface area (Å²) in [5, 5.41) is 8.42. The van der Waals surface area contributed by atoms with Crippen LogP contribution in [0.1, 0.15) is 55.9 Å². The number of aromatic nitrogens is 2. The SMILES string of the molecule is CCCc1nn(-c2cccc(Cl)c2)c(CC)c1C(=O)NCC(C)C. The Morgan fingerprint density at radius 1 is 1.33 bits per heavy atom. The van der Waals surface area contributed by atoms with E-state index in [4.69, 9.17) is 16.7 Å². The molecule has 1 N–H and O–H groups in total. The van der Waals surface area contributed by atoms with Gasteiger partial charge in [-0.3, -0.25) is 4.79 Å². The maximum absolute atomic E-state index is 12.7. The average Bonchev–Trinajstić information content (AvgIpc) is 2.91. The van der Waals surface area contributed by atoms with Crippen molar-refractivity contribution in [3.63, 3.8) is 0 Å². The number of hydrogen-bond donors (Lipinski definition) is 1. The quantitative estimate of drug-likeness (QED) is 0.805. The van der Waals surface area contributed by atoms with E-state index in [1.165, 1.54) is 0 Å². The van der Waals surface area contributed by atoms with E-state index in [0.29, 0.717) is 17.5 Å². The first kappa shape index (κ1) is 18.5. The van der Waals surface area contributed by atoms with Gasteiger partial charge < -0.3 is 5.32 Å². The number of nitrogens with zero attached hydrogens (tertiary/aromatic N) is 2. The van der Waals surface area contributed by atoms with E-state index in [1.54, 1.807) is 0 Å². The topological polar surface area (TPSA) is 46.9 Å². The first-order valence-electron chi connectivity index (χ1n) is 8.62. The predicted octanol–water partition coefficient (Wildman–Crippen LogP) is 4.43. The van der Waals surface area contributed by atoms with Gasteiger partial charge in [0.25, 0.3) is 5.91 Å². The zero-order chi connectivity index (χ0) is 17.7. The third-order valence-corrected chi connectivity index (χ3v) is 4.06. The van der Waals surface area contributed by atoms with Crippen LogP contribution >= 0.6 is 11.6 Å². The second-order valence-electron chi connectivity index (χ2n) is 6.37. The van der Waals surface area contributed by atoms with Gasteiger partial charge in [0.15, 0.2) is 0 Å². The molecule has 0 aliphatic heterocycles. The van der Waals surface area contributed by atoms with Gasteiger partial charge in [0.1, 0.15) is 0 Å².